The van der Waals surface area contributed by atoms with E-state index >= 15 is 0 Å². The maximum Gasteiger partial charge on any atom is 0.158 e. The first-order valence-electron chi connectivity index (χ1n) is 18.2. The number of ether oxygens (including phenoxy) is 4. The van der Waals surface area contributed by atoms with Crippen molar-refractivity contribution in [1.82, 2.24) is 20.3 Å². The lowest BCUT2D eigenvalue weighted by molar-refractivity contribution is -0.169. The Morgan fingerprint density at radius 1 is 0.863 bits per heavy atom. The quantitative estimate of drug-likeness (QED) is 0.141. The van der Waals surface area contributed by atoms with Gasteiger partial charge in [0.15, 0.2) is 12.6 Å². The van der Waals surface area contributed by atoms with E-state index in [-0.39, 0.29) is 20.0 Å². The van der Waals surface area contributed by atoms with Gasteiger partial charge < -0.3 is 35.7 Å². The van der Waals surface area contributed by atoms with Gasteiger partial charge in [-0.3, -0.25) is 0 Å². The van der Waals surface area contributed by atoms with Crippen LogP contribution in [0.25, 0.3) is 5.69 Å². The first kappa shape index (κ1) is 44.7. The zero-order valence-electron chi connectivity index (χ0n) is 30.1. The molecule has 2 aromatic carbocycles. The average Bonchev–Trinajstić information content (AvgIpc) is 3.67. The van der Waals surface area contributed by atoms with Crippen molar-refractivity contribution in [1.29, 1.82) is 0 Å². The fraction of sp³-hybridized carbons (Fsp3) is 0.600. The normalized spacial score (nSPS) is 21.2. The monoisotopic (exact) mass is 818 g/mol. The molecule has 3 aromatic rings. The number of aromatic nitrogens is 3. The predicted molar refractivity (Wildman–Crippen MR) is 215 cm³/mol. The van der Waals surface area contributed by atoms with E-state index in [1.54, 1.807) is 4.68 Å². The van der Waals surface area contributed by atoms with Gasteiger partial charge in [0, 0.05) is 35.9 Å². The maximum atomic E-state index is 5.70. The van der Waals surface area contributed by atoms with Crippen LogP contribution in [-0.4, -0.2) is 60.5 Å². The lowest BCUT2D eigenvalue weighted by atomic mass is 9.83. The maximum absolute atomic E-state index is 5.70. The molecule has 284 valence electrons. The highest BCUT2D eigenvalue weighted by Gasteiger charge is 2.21. The van der Waals surface area contributed by atoms with E-state index < -0.39 is 0 Å². The van der Waals surface area contributed by atoms with E-state index in [9.17, 15) is 0 Å². The third kappa shape index (κ3) is 17.8. The smallest absolute Gasteiger partial charge is 0.158 e. The number of terminal acetylenes is 1. The van der Waals surface area contributed by atoms with Crippen molar-refractivity contribution >= 4 is 22.6 Å². The van der Waals surface area contributed by atoms with Gasteiger partial charge >= 0.3 is 0 Å². The minimum Gasteiger partial charge on any atom is -0.353 e. The Morgan fingerprint density at radius 2 is 1.43 bits per heavy atom. The molecule has 4 atom stereocenters. The van der Waals surface area contributed by atoms with Gasteiger partial charge in [0.2, 0.25) is 0 Å². The van der Waals surface area contributed by atoms with Crippen LogP contribution in [0.4, 0.5) is 0 Å². The Bertz CT molecular complexity index is 1310. The molecule has 10 nitrogen and oxygen atoms in total. The average molecular weight is 819 g/mol. The van der Waals surface area contributed by atoms with Gasteiger partial charge in [0.25, 0.3) is 0 Å². The van der Waals surface area contributed by atoms with Crippen molar-refractivity contribution in [2.45, 2.75) is 123 Å². The summed E-state index contributed by atoms with van der Waals surface area (Å²) in [4.78, 5) is 0. The first-order chi connectivity index (χ1) is 24.5. The molecule has 3 heterocycles. The Morgan fingerprint density at radius 3 is 1.94 bits per heavy atom. The van der Waals surface area contributed by atoms with E-state index in [1.807, 2.05) is 42.6 Å². The van der Waals surface area contributed by atoms with Gasteiger partial charge in [-0.1, -0.05) is 69.0 Å². The molecule has 0 spiro atoms. The van der Waals surface area contributed by atoms with E-state index in [4.69, 9.17) is 36.8 Å². The van der Waals surface area contributed by atoms with E-state index in [2.05, 4.69) is 70.2 Å². The Balaban J connectivity index is 0.000000255. The summed E-state index contributed by atoms with van der Waals surface area (Å²) in [6.45, 7) is 5.87. The van der Waals surface area contributed by atoms with E-state index in [0.29, 0.717) is 26.3 Å². The summed E-state index contributed by atoms with van der Waals surface area (Å²) < 4.78 is 24.7. The number of hydrogen-bond donors (Lipinski definition) is 3. The predicted octanol–water partition coefficient (Wildman–Crippen LogP) is 7.49. The second-order valence-corrected chi connectivity index (χ2v) is 13.9. The second kappa shape index (κ2) is 27.2. The van der Waals surface area contributed by atoms with Crippen LogP contribution < -0.4 is 16.8 Å². The first-order valence-corrected chi connectivity index (χ1v) is 19.3. The summed E-state index contributed by atoms with van der Waals surface area (Å²) in [7, 11) is 2.10. The summed E-state index contributed by atoms with van der Waals surface area (Å²) in [5.74, 6) is 3.37. The standard InChI is InChI=1S/C15H20N4O2.C9H19N.C8H12O2.C7H8IN.CH4/c16-9-12-4-6-14(7-5-12)19-10-13(17-18-19)11-21-15-3-1-2-8-20-15;1-3-8-6-4-5-7-9(8)10-2;1-2-6-9-8-5-3-4-7-10-8;8-7-3-1-6(5-9)2-4-7;/h4-7,10,15H,1-3,8-9,11,16H2;8-10H,3-7H2,1-2H3;1,8H,3-7H2;1-4H,5,9H2;1H4/t;8-,9-;;;/m.0.../s1. The SMILES string of the molecule is C.C#CCOC1CCCCO1.CC[C@H]1CCCC[C@@H]1NC.NCc1ccc(-n2cc(COC3CCCCO3)nn2)cc1.NCc1ccc(I)cc1. The lowest BCUT2D eigenvalue weighted by Gasteiger charge is -2.30. The van der Waals surface area contributed by atoms with Crippen LogP contribution in [0, 0.1) is 21.8 Å². The van der Waals surface area contributed by atoms with Crippen LogP contribution in [-0.2, 0) is 38.6 Å². The lowest BCUT2D eigenvalue weighted by Crippen LogP contribution is -2.35. The summed E-state index contributed by atoms with van der Waals surface area (Å²) in [5.41, 5.74) is 15.0. The molecule has 0 bridgehead atoms. The third-order valence-corrected chi connectivity index (χ3v) is 9.70. The number of benzene rings is 2. The number of nitrogens with one attached hydrogen (secondary N) is 1. The number of halogens is 1. The van der Waals surface area contributed by atoms with Crippen LogP contribution in [0.5, 0.6) is 0 Å². The molecule has 11 heteroatoms. The third-order valence-electron chi connectivity index (χ3n) is 8.98. The molecule has 1 saturated carbocycles. The van der Waals surface area contributed by atoms with Crippen LogP contribution in [0.1, 0.15) is 102 Å². The van der Waals surface area contributed by atoms with Crippen molar-refractivity contribution in [2.75, 3.05) is 26.9 Å². The highest BCUT2D eigenvalue weighted by molar-refractivity contribution is 14.1. The highest BCUT2D eigenvalue weighted by Crippen LogP contribution is 2.26. The molecule has 1 aromatic heterocycles. The van der Waals surface area contributed by atoms with Crippen LogP contribution in [0.3, 0.4) is 0 Å². The topological polar surface area (TPSA) is 132 Å². The van der Waals surface area contributed by atoms with Gasteiger partial charge in [-0.05, 0) is 122 Å². The molecule has 3 aliphatic rings. The summed E-state index contributed by atoms with van der Waals surface area (Å²) in [6, 6.07) is 17.0. The fourth-order valence-corrected chi connectivity index (χ4v) is 6.34. The summed E-state index contributed by atoms with van der Waals surface area (Å²) in [6.07, 6.45) is 20.4. The molecular weight excluding hydrogens is 755 g/mol. The Hall–Kier alpha value is -2.41. The highest BCUT2D eigenvalue weighted by atomic mass is 127. The van der Waals surface area contributed by atoms with Crippen molar-refractivity contribution in [2.24, 2.45) is 17.4 Å². The molecule has 1 aliphatic carbocycles. The number of nitrogens with two attached hydrogens (primary N) is 2. The zero-order chi connectivity index (χ0) is 35.8. The molecule has 51 heavy (non-hydrogen) atoms. The largest absolute Gasteiger partial charge is 0.353 e. The molecule has 0 amide bonds. The van der Waals surface area contributed by atoms with Gasteiger partial charge in [0.05, 0.1) is 18.5 Å². The van der Waals surface area contributed by atoms with Crippen molar-refractivity contribution in [3.05, 3.63) is 75.1 Å². The van der Waals surface area contributed by atoms with Gasteiger partial charge in [-0.2, -0.15) is 0 Å². The molecule has 2 aliphatic heterocycles. The minimum atomic E-state index is -0.104. The van der Waals surface area contributed by atoms with E-state index in [0.717, 1.165) is 74.2 Å². The number of nitrogens with zero attached hydrogens (tertiary/aromatic N) is 3. The van der Waals surface area contributed by atoms with Crippen LogP contribution >= 0.6 is 22.6 Å². The molecule has 2 unspecified atom stereocenters. The molecular formula is C40H63IN6O4. The molecule has 3 fully saturated rings. The summed E-state index contributed by atoms with van der Waals surface area (Å²) in [5, 5.41) is 11.7. The molecule has 6 rings (SSSR count). The van der Waals surface area contributed by atoms with Crippen molar-refractivity contribution < 1.29 is 18.9 Å². The Labute approximate surface area is 321 Å². The molecule has 2 saturated heterocycles. The zero-order valence-corrected chi connectivity index (χ0v) is 32.3. The number of rotatable bonds is 10. The van der Waals surface area contributed by atoms with Crippen molar-refractivity contribution in [3.8, 4) is 18.0 Å². The van der Waals surface area contributed by atoms with Crippen molar-refractivity contribution in [3.63, 3.8) is 0 Å². The van der Waals surface area contributed by atoms with Crippen LogP contribution in [0.15, 0.2) is 54.7 Å². The number of hydrogen-bond acceptors (Lipinski definition) is 9. The van der Waals surface area contributed by atoms with E-state index in [1.165, 1.54) is 47.7 Å². The Kier molecular flexibility index (Phi) is 23.9. The van der Waals surface area contributed by atoms with Gasteiger partial charge in [0.1, 0.15) is 12.3 Å². The summed E-state index contributed by atoms with van der Waals surface area (Å²) >= 11 is 2.27. The fourth-order valence-electron chi connectivity index (χ4n) is 5.98. The minimum absolute atomic E-state index is 0. The van der Waals surface area contributed by atoms with Crippen LogP contribution in [0.2, 0.25) is 0 Å². The second-order valence-electron chi connectivity index (χ2n) is 12.6. The van der Waals surface area contributed by atoms with Gasteiger partial charge in [-0.15, -0.1) is 11.5 Å². The molecule has 0 radical (unpaired) electrons. The molecule has 5 N–H and O–H groups in total. The van der Waals surface area contributed by atoms with Gasteiger partial charge in [-0.25, -0.2) is 4.68 Å².